The number of hydrogen-bond donors (Lipinski definition) is 10. The first-order chi connectivity index (χ1) is 51.9. The van der Waals surface area contributed by atoms with Gasteiger partial charge in [0.2, 0.25) is 5.96 Å². The monoisotopic (exact) mass is 1710 g/mol. The number of aliphatic imine (C=N–C) groups is 3. The Morgan fingerprint density at radius 2 is 0.757 bits per heavy atom. The highest BCUT2D eigenvalue weighted by molar-refractivity contribution is 8.02. The molecule has 2 heterocycles. The summed E-state index contributed by atoms with van der Waals surface area (Å²) in [6, 6.07) is 0. The van der Waals surface area contributed by atoms with Crippen LogP contribution in [0.1, 0.15) is 244 Å². The van der Waals surface area contributed by atoms with Crippen molar-refractivity contribution < 1.29 is 140 Å². The number of esters is 1. The van der Waals surface area contributed by atoms with Crippen LogP contribution in [0.25, 0.3) is 0 Å². The van der Waals surface area contributed by atoms with Crippen molar-refractivity contribution in [3.05, 3.63) is 11.6 Å². The third kappa shape index (κ3) is 78.0. The highest BCUT2D eigenvalue weighted by atomic mass is 35.5. The SMILES string of the molecule is C.C=C(NC(=O)OC(C)(C)C)SC.CC(C)(C)OC(=O)N=C(CCCCCO)NC(=O)OC(C)(C)C.CC(C)(C)OC(=O)N=C(CCCCCO)NC(=O)OC(C)(C)C.CC(C)(C)OC(=O)NC(=NCCCCOC(=O)C1(C)COC(=O)OC1)NC(=O)OC(C)(C)C.CC1(C(=O)O)COC(=O)OC1.NCCCCO.O=C(Cl)C(=O)Cl. The molecule has 0 radical (unpaired) electrons. The van der Waals surface area contributed by atoms with Gasteiger partial charge in [-0.3, -0.25) is 50.8 Å². The quantitative estimate of drug-likeness (QED) is 0.00864. The molecule has 115 heavy (non-hydrogen) atoms. The first kappa shape index (κ1) is 117. The maximum atomic E-state index is 12.2. The lowest BCUT2D eigenvalue weighted by Crippen LogP contribution is -2.47. The average Bonchev–Trinajstić information content (AvgIpc) is 0.841. The predicted molar refractivity (Wildman–Crippen MR) is 433 cm³/mol. The van der Waals surface area contributed by atoms with E-state index in [-0.39, 0.29) is 84.5 Å². The van der Waals surface area contributed by atoms with Gasteiger partial charge in [-0.1, -0.05) is 26.8 Å². The highest BCUT2D eigenvalue weighted by Gasteiger charge is 2.42. The second kappa shape index (κ2) is 59.3. The van der Waals surface area contributed by atoms with Crippen LogP contribution in [0.15, 0.2) is 26.6 Å². The van der Waals surface area contributed by atoms with Gasteiger partial charge in [0.1, 0.15) is 88.1 Å². The number of amidine groups is 2. The zero-order chi connectivity index (χ0) is 89.7. The number of guanidine groups is 1. The molecule has 0 bridgehead atoms. The Kier molecular flexibility index (Phi) is 60.6. The second-order valence-electron chi connectivity index (χ2n) is 31.8. The number of aliphatic hydroxyl groups excluding tert-OH is 3. The molecule has 0 spiro atoms. The van der Waals surface area contributed by atoms with E-state index in [0.29, 0.717) is 62.9 Å². The van der Waals surface area contributed by atoms with Gasteiger partial charge in [0.25, 0.3) is 0 Å². The third-order valence-corrected chi connectivity index (χ3v) is 12.7. The molecule has 0 unspecified atom stereocenters. The number of carboxylic acids is 1. The Labute approximate surface area is 691 Å². The number of ether oxygens (including phenoxy) is 12. The third-order valence-electron chi connectivity index (χ3n) is 11.7. The summed E-state index contributed by atoms with van der Waals surface area (Å²) in [4.78, 5) is 157. The lowest BCUT2D eigenvalue weighted by Gasteiger charge is -2.29. The van der Waals surface area contributed by atoms with E-state index in [0.717, 1.165) is 25.7 Å². The van der Waals surface area contributed by atoms with Crippen molar-refractivity contribution in [2.45, 2.75) is 283 Å². The summed E-state index contributed by atoms with van der Waals surface area (Å²) < 4.78 is 59.4. The number of rotatable bonds is 23. The number of hydrogen-bond acceptors (Lipinski definition) is 31. The number of carbonyl (C=O) groups is 13. The van der Waals surface area contributed by atoms with E-state index >= 15 is 0 Å². The van der Waals surface area contributed by atoms with Crippen LogP contribution in [0, 0.1) is 10.8 Å². The van der Waals surface area contributed by atoms with Crippen molar-refractivity contribution in [1.29, 1.82) is 0 Å². The number of thioether (sulfide) groups is 1. The van der Waals surface area contributed by atoms with E-state index in [2.05, 4.69) is 80.8 Å². The molecule has 2 fully saturated rings. The molecule has 38 nitrogen and oxygen atoms in total. The van der Waals surface area contributed by atoms with E-state index in [1.807, 2.05) is 27.0 Å². The van der Waals surface area contributed by atoms with Crippen LogP contribution in [0.3, 0.4) is 0 Å². The van der Waals surface area contributed by atoms with Gasteiger partial charge < -0.3 is 83.0 Å². The van der Waals surface area contributed by atoms with Gasteiger partial charge in [-0.05, 0) is 247 Å². The fraction of sp³-hybridized carbons (Fsp3) is 0.757. The Balaban J connectivity index is -0.000000323. The number of carboxylic acid groups (broad SMARTS) is 1. The van der Waals surface area contributed by atoms with E-state index < -0.39 is 127 Å². The topological polar surface area (TPSA) is 537 Å². The van der Waals surface area contributed by atoms with E-state index in [9.17, 15) is 62.3 Å². The van der Waals surface area contributed by atoms with Crippen LogP contribution in [0.4, 0.5) is 43.2 Å². The molecule has 0 aromatic heterocycles. The molecule has 0 aromatic rings. The summed E-state index contributed by atoms with van der Waals surface area (Å²) >= 11 is 10.4. The molecular formula is C74H133Cl2N9O29S. The molecule has 668 valence electrons. The maximum absolute atomic E-state index is 12.2. The van der Waals surface area contributed by atoms with Crippen LogP contribution in [0.5, 0.6) is 0 Å². The fourth-order valence-corrected chi connectivity index (χ4v) is 6.93. The van der Waals surface area contributed by atoms with Gasteiger partial charge >= 0.3 is 77.4 Å². The zero-order valence-corrected chi connectivity index (χ0v) is 73.2. The van der Waals surface area contributed by atoms with Crippen LogP contribution in [-0.4, -0.2) is 227 Å². The minimum absolute atomic E-state index is 0. The number of aliphatic hydroxyl groups is 3. The molecule has 41 heteroatoms. The lowest BCUT2D eigenvalue weighted by molar-refractivity contribution is -0.166. The zero-order valence-electron chi connectivity index (χ0n) is 70.8. The van der Waals surface area contributed by atoms with Gasteiger partial charge in [-0.25, -0.2) is 43.2 Å². The van der Waals surface area contributed by atoms with Crippen molar-refractivity contribution in [2.75, 3.05) is 72.2 Å². The Morgan fingerprint density at radius 1 is 0.461 bits per heavy atom. The van der Waals surface area contributed by atoms with Gasteiger partial charge in [-0.2, -0.15) is 9.98 Å². The van der Waals surface area contributed by atoms with Crippen LogP contribution in [0.2, 0.25) is 0 Å². The number of alkyl carbamates (subject to hydrolysis) is 5. The molecule has 11 N–H and O–H groups in total. The van der Waals surface area contributed by atoms with Crippen molar-refractivity contribution >= 4 is 130 Å². The van der Waals surface area contributed by atoms with Crippen LogP contribution >= 0.6 is 35.0 Å². The van der Waals surface area contributed by atoms with Crippen molar-refractivity contribution in [3.63, 3.8) is 0 Å². The molecule has 2 saturated heterocycles. The highest BCUT2D eigenvalue weighted by Crippen LogP contribution is 2.25. The number of halogens is 2. The second-order valence-corrected chi connectivity index (χ2v) is 33.4. The number of aliphatic carboxylic acids is 1. The summed E-state index contributed by atoms with van der Waals surface area (Å²) in [5, 5.41) is 44.9. The first-order valence-corrected chi connectivity index (χ1v) is 38.2. The minimum atomic E-state index is -1.14. The summed E-state index contributed by atoms with van der Waals surface area (Å²) in [5.41, 5.74) is -1.55. The standard InChI is InChI=1S/C21H35N3O9.2C16H30N2O5.C8H15NO2S.C6H8O5.C4H11NO.C2Cl2O2.CH4/c1-19(2,3)32-16(26)23-15(24-17(27)33-20(4,5)6)22-10-8-9-11-29-14(25)21(7)12-30-18(28)31-13-21;2*1-15(2,3)22-13(20)17-12(10-8-7-9-11-19)18-14(21)23-16(4,5)6;1-6(12-5)9-7(10)11-8(2,3)4;1-6(4(7)8)2-10-5(9)11-3-6;5-3-1-2-4-6;3-1(5)2(4)6;/h8-13H2,1-7H3,(H2,22,23,24,26,27);2*19H,7-11H2,1-6H3,(H,17,18,20,21);1H2,2-5H3,(H,9,10);2-3H2,1H3,(H,7,8);6H,1-5H2;;1H4. The summed E-state index contributed by atoms with van der Waals surface area (Å²) in [6.45, 7) is 44.3. The Hall–Kier alpha value is -8.37. The van der Waals surface area contributed by atoms with E-state index in [1.54, 1.807) is 132 Å². The van der Waals surface area contributed by atoms with Crippen LogP contribution < -0.4 is 32.3 Å². The van der Waals surface area contributed by atoms with Gasteiger partial charge in [0, 0.05) is 39.2 Å². The average molecular weight is 1720 g/mol. The fourth-order valence-electron chi connectivity index (χ4n) is 6.75. The molecule has 2 aliphatic rings. The Bertz CT molecular complexity index is 2960. The van der Waals surface area contributed by atoms with E-state index in [4.69, 9.17) is 73.5 Å². The molecule has 0 saturated carbocycles. The van der Waals surface area contributed by atoms with Crippen molar-refractivity contribution in [2.24, 2.45) is 31.5 Å². The molecule has 0 aliphatic carbocycles. The summed E-state index contributed by atoms with van der Waals surface area (Å²) in [7, 11) is 0. The predicted octanol–water partition coefficient (Wildman–Crippen LogP) is 13.1. The number of cyclic esters (lactones) is 4. The van der Waals surface area contributed by atoms with Gasteiger partial charge in [0.05, 0.1) is 11.6 Å². The number of nitrogens with zero attached hydrogens (tertiary/aromatic N) is 3. The van der Waals surface area contributed by atoms with E-state index in [1.165, 1.54) is 18.7 Å². The Morgan fingerprint density at radius 3 is 1.03 bits per heavy atom. The number of nitrogens with two attached hydrogens (primary N) is 1. The van der Waals surface area contributed by atoms with Crippen molar-refractivity contribution in [1.82, 2.24) is 26.6 Å². The minimum Gasteiger partial charge on any atom is -0.481 e. The summed E-state index contributed by atoms with van der Waals surface area (Å²) in [5.74, 6) is -1.27. The lowest BCUT2D eigenvalue weighted by atomic mass is 9.93. The molecule has 0 aromatic carbocycles. The molecule has 2 aliphatic heterocycles. The molecular weight excluding hydrogens is 1580 g/mol. The first-order valence-electron chi connectivity index (χ1n) is 36.2. The molecule has 7 amide bonds. The van der Waals surface area contributed by atoms with Crippen LogP contribution in [-0.2, 0) is 76.0 Å². The number of carbonyl (C=O) groups excluding carboxylic acids is 12. The maximum Gasteiger partial charge on any atom is 0.508 e. The smallest absolute Gasteiger partial charge is 0.481 e. The normalized spacial score (nSPS) is 13.5. The largest absolute Gasteiger partial charge is 0.508 e. The van der Waals surface area contributed by atoms with Gasteiger partial charge in [0.15, 0.2) is 0 Å². The number of nitrogens with one attached hydrogen (secondary N) is 5. The van der Waals surface area contributed by atoms with Gasteiger partial charge in [-0.15, -0.1) is 11.8 Å². The number of unbranched alkanes of at least 4 members (excludes halogenated alkanes) is 6. The summed E-state index contributed by atoms with van der Waals surface area (Å²) in [6.07, 6.45) is 3.07. The molecule has 2 rings (SSSR count). The van der Waals surface area contributed by atoms with Crippen molar-refractivity contribution in [3.8, 4) is 0 Å². The molecule has 0 atom stereocenters. The number of amides is 7.